The van der Waals surface area contributed by atoms with Crippen LogP contribution < -0.4 is 0 Å². The predicted molar refractivity (Wildman–Crippen MR) is 237 cm³/mol. The van der Waals surface area contributed by atoms with E-state index >= 15 is 0 Å². The molecule has 0 aromatic heterocycles. The Morgan fingerprint density at radius 1 is 0.391 bits per heavy atom. The van der Waals surface area contributed by atoms with Gasteiger partial charge in [0.15, 0.2) is 0 Å². The van der Waals surface area contributed by atoms with Gasteiger partial charge in [-0.3, -0.25) is 0 Å². The van der Waals surface area contributed by atoms with Gasteiger partial charge in [0.25, 0.3) is 0 Å². The van der Waals surface area contributed by atoms with Crippen molar-refractivity contribution < 1.29 is 5.11 Å². The van der Waals surface area contributed by atoms with Gasteiger partial charge in [0.05, 0.1) is 0 Å². The molecule has 0 aromatic carbocycles. The summed E-state index contributed by atoms with van der Waals surface area (Å²) in [6.07, 6.45) is 29.6. The number of unbranched alkanes of at least 4 members (excludes halogenated alkanes) is 13. The first-order valence-electron chi connectivity index (χ1n) is 19.2. The molecule has 0 rings (SSSR count). The third-order valence-electron chi connectivity index (χ3n) is 7.91. The quantitative estimate of drug-likeness (QED) is 0.0486. The van der Waals surface area contributed by atoms with Gasteiger partial charge in [-0.15, -0.1) is 82.3 Å². The first-order valence-corrected chi connectivity index (χ1v) is 27.1. The fourth-order valence-corrected chi connectivity index (χ4v) is 19.1. The van der Waals surface area contributed by atoms with Gasteiger partial charge in [-0.25, -0.2) is 0 Å². The van der Waals surface area contributed by atoms with Gasteiger partial charge in [0.2, 0.25) is 3.60 Å². The van der Waals surface area contributed by atoms with E-state index in [4.69, 9.17) is 0 Å². The van der Waals surface area contributed by atoms with Crippen LogP contribution in [0.25, 0.3) is 0 Å². The van der Waals surface area contributed by atoms with Crippen molar-refractivity contribution in [2.45, 2.75) is 187 Å². The normalized spacial score (nSPS) is 15.9. The molecule has 1 nitrogen and oxygen atoms in total. The van der Waals surface area contributed by atoms with E-state index in [1.54, 1.807) is 0 Å². The molecule has 0 spiro atoms. The summed E-state index contributed by atoms with van der Waals surface area (Å²) in [6, 6.07) is 0. The Bertz CT molecular complexity index is 644. The van der Waals surface area contributed by atoms with Crippen LogP contribution in [0.5, 0.6) is 0 Å². The maximum atomic E-state index is 12.1. The van der Waals surface area contributed by atoms with Crippen LogP contribution in [0.3, 0.4) is 0 Å². The minimum atomic E-state index is -0.747. The monoisotopic (exact) mass is 792 g/mol. The molecule has 0 aliphatic carbocycles. The largest absolute Gasteiger partial charge is 0.362 e. The molecule has 0 aliphatic rings. The summed E-state index contributed by atoms with van der Waals surface area (Å²) >= 11 is 16.5. The highest BCUT2D eigenvalue weighted by Crippen LogP contribution is 2.60. The molecular weight excluding hydrogens is 717 g/mol. The average Bonchev–Trinajstić information content (AvgIpc) is 3.05. The van der Waals surface area contributed by atoms with Crippen molar-refractivity contribution >= 4 is 94.1 Å². The smallest absolute Gasteiger partial charge is 0.208 e. The van der Waals surface area contributed by atoms with Gasteiger partial charge in [-0.1, -0.05) is 143 Å². The molecule has 0 aromatic rings. The van der Waals surface area contributed by atoms with E-state index < -0.39 is 3.60 Å². The van der Waals surface area contributed by atoms with Gasteiger partial charge in [-0.2, -0.15) is 0 Å². The number of rotatable bonds is 37. The van der Waals surface area contributed by atoms with Gasteiger partial charge in [0.1, 0.15) is 6.82 Å². The van der Waals surface area contributed by atoms with Gasteiger partial charge in [-0.05, 0) is 85.7 Å². The van der Waals surface area contributed by atoms with Gasteiger partial charge in [0, 0.05) is 0 Å². The zero-order valence-electron chi connectivity index (χ0n) is 31.3. The Balaban J connectivity index is 5.27. The zero-order valence-corrected chi connectivity index (χ0v) is 37.8. The van der Waals surface area contributed by atoms with Crippen LogP contribution in [-0.4, -0.2) is 56.3 Å². The second kappa shape index (κ2) is 33.6. The van der Waals surface area contributed by atoms with Crippen LogP contribution in [0.4, 0.5) is 0 Å². The van der Waals surface area contributed by atoms with E-state index in [1.807, 2.05) is 47.0 Å². The Labute approximate surface area is 324 Å². The molecule has 0 heterocycles. The van der Waals surface area contributed by atoms with Crippen LogP contribution in [0.15, 0.2) is 0 Å². The van der Waals surface area contributed by atoms with Crippen LogP contribution >= 0.6 is 94.1 Å². The third kappa shape index (κ3) is 25.7. The summed E-state index contributed by atoms with van der Waals surface area (Å²) in [5, 5.41) is 12.1. The van der Waals surface area contributed by atoms with E-state index in [9.17, 15) is 5.11 Å². The summed E-state index contributed by atoms with van der Waals surface area (Å²) in [5.74, 6) is 7.17. The first kappa shape index (κ1) is 48.8. The maximum Gasteiger partial charge on any atom is 0.208 e. The molecule has 0 bridgehead atoms. The fraction of sp³-hybridized carbons (Fsp3) is 1.00. The molecule has 9 heteroatoms. The molecule has 3 unspecified atom stereocenters. The molecule has 0 amide bonds. The standard InChI is InChI=1S/C37H76OS8/c1-8-14-18-22-27-34-45-37(38,44-33-26-19-15-9-2)46-35(39-7,40-13-6)28-23-20-21-24-29-36(41-30-12-5,42-31-17-11-4)43-32-25-16-10-3/h38H,8-34H2,1-7H3. The SMILES string of the molecule is CCCCCCCSC(O)(SCCCCCC)SC(CCCCCCC(SCCC)(SCCCC)SCCCCC)(SC)SCC. The molecule has 46 heavy (non-hydrogen) atoms. The molecule has 0 aliphatic heterocycles. The minimum absolute atomic E-state index is 0.0288. The highest BCUT2D eigenvalue weighted by Gasteiger charge is 2.41. The molecule has 0 radical (unpaired) electrons. The van der Waals surface area contributed by atoms with Crippen LogP contribution in [-0.2, 0) is 0 Å². The zero-order chi connectivity index (χ0) is 34.2. The number of thioether (sulfide) groups is 8. The first-order chi connectivity index (χ1) is 22.3. The van der Waals surface area contributed by atoms with E-state index in [2.05, 4.69) is 94.8 Å². The summed E-state index contributed by atoms with van der Waals surface area (Å²) in [4.78, 5) is 0. The lowest BCUT2D eigenvalue weighted by Crippen LogP contribution is -2.27. The Hall–Kier alpha value is 2.76. The highest BCUT2D eigenvalue weighted by atomic mass is 32.3. The maximum absolute atomic E-state index is 12.1. The Morgan fingerprint density at radius 2 is 0.804 bits per heavy atom. The van der Waals surface area contributed by atoms with Crippen molar-refractivity contribution in [2.75, 3.05) is 40.8 Å². The van der Waals surface area contributed by atoms with Crippen molar-refractivity contribution in [3.05, 3.63) is 0 Å². The molecule has 1 N–H and O–H groups in total. The second-order valence-corrected chi connectivity index (χ2v) is 25.6. The van der Waals surface area contributed by atoms with E-state index in [-0.39, 0.29) is 3.41 Å². The second-order valence-electron chi connectivity index (χ2n) is 12.3. The lowest BCUT2D eigenvalue weighted by Gasteiger charge is -2.38. The molecular formula is C37H76OS8. The van der Waals surface area contributed by atoms with Crippen molar-refractivity contribution in [1.82, 2.24) is 0 Å². The summed E-state index contributed by atoms with van der Waals surface area (Å²) in [5.41, 5.74) is 0. The van der Waals surface area contributed by atoms with E-state index in [0.717, 1.165) is 17.3 Å². The van der Waals surface area contributed by atoms with Crippen molar-refractivity contribution in [1.29, 1.82) is 0 Å². The van der Waals surface area contributed by atoms with Crippen molar-refractivity contribution in [2.24, 2.45) is 0 Å². The molecule has 0 saturated heterocycles. The lowest BCUT2D eigenvalue weighted by molar-refractivity contribution is 0.316. The number of aliphatic hydroxyl groups is 1. The minimum Gasteiger partial charge on any atom is -0.362 e. The topological polar surface area (TPSA) is 20.2 Å². The molecule has 0 fully saturated rings. The van der Waals surface area contributed by atoms with E-state index in [0.29, 0.717) is 3.41 Å². The lowest BCUT2D eigenvalue weighted by atomic mass is 10.1. The molecule has 3 atom stereocenters. The summed E-state index contributed by atoms with van der Waals surface area (Å²) in [6.45, 7) is 13.9. The number of hydrogen-bond donors (Lipinski definition) is 1. The average molecular weight is 794 g/mol. The van der Waals surface area contributed by atoms with Gasteiger partial charge >= 0.3 is 0 Å². The Kier molecular flexibility index (Phi) is 35.6. The predicted octanol–water partition coefficient (Wildman–Crippen LogP) is 15.7. The van der Waals surface area contributed by atoms with Crippen LogP contribution in [0.1, 0.15) is 176 Å². The van der Waals surface area contributed by atoms with Crippen LogP contribution in [0.2, 0.25) is 0 Å². The summed E-state index contributed by atoms with van der Waals surface area (Å²) < 4.78 is -0.363. The van der Waals surface area contributed by atoms with Crippen molar-refractivity contribution in [3.8, 4) is 0 Å². The van der Waals surface area contributed by atoms with Crippen molar-refractivity contribution in [3.63, 3.8) is 0 Å². The summed E-state index contributed by atoms with van der Waals surface area (Å²) in [7, 11) is 0. The highest BCUT2D eigenvalue weighted by molar-refractivity contribution is 8.42. The van der Waals surface area contributed by atoms with Crippen LogP contribution in [0, 0.1) is 0 Å². The molecule has 0 saturated carbocycles. The Morgan fingerprint density at radius 3 is 1.33 bits per heavy atom. The van der Waals surface area contributed by atoms with E-state index in [1.165, 1.54) is 152 Å². The third-order valence-corrected chi connectivity index (χ3v) is 21.9. The fourth-order valence-electron chi connectivity index (χ4n) is 5.10. The van der Waals surface area contributed by atoms with Gasteiger partial charge < -0.3 is 5.11 Å². The number of hydrogen-bond acceptors (Lipinski definition) is 9. The molecule has 278 valence electrons.